The number of aliphatic hydroxyl groups excluding tert-OH is 1. The van der Waals surface area contributed by atoms with Gasteiger partial charge in [0.15, 0.2) is 0 Å². The fourth-order valence-electron chi connectivity index (χ4n) is 2.69. The second-order valence-electron chi connectivity index (χ2n) is 5.91. The van der Waals surface area contributed by atoms with Crippen molar-refractivity contribution in [3.05, 3.63) is 65.9 Å². The first-order chi connectivity index (χ1) is 11.5. The van der Waals surface area contributed by atoms with E-state index in [4.69, 9.17) is 0 Å². The topological polar surface area (TPSA) is 66.3 Å². The molecule has 1 aromatic heterocycles. The van der Waals surface area contributed by atoms with Gasteiger partial charge in [-0.05, 0) is 47.7 Å². The fraction of sp³-hybridized carbons (Fsp3) is 0.211. The predicted octanol–water partition coefficient (Wildman–Crippen LogP) is 3.34. The molecule has 3 N–H and O–H groups in total. The van der Waals surface area contributed by atoms with Crippen molar-refractivity contribution in [2.75, 3.05) is 11.9 Å². The van der Waals surface area contributed by atoms with Crippen molar-refractivity contribution in [1.29, 1.82) is 0 Å². The highest BCUT2D eigenvalue weighted by molar-refractivity contribution is 5.90. The Kier molecular flexibility index (Phi) is 4.53. The van der Waals surface area contributed by atoms with E-state index in [0.29, 0.717) is 0 Å². The molecule has 3 rings (SSSR count). The third kappa shape index (κ3) is 3.41. The smallest absolute Gasteiger partial charge is 0.319 e. The lowest BCUT2D eigenvalue weighted by Gasteiger charge is -2.14. The van der Waals surface area contributed by atoms with Gasteiger partial charge in [-0.25, -0.2) is 4.79 Å². The summed E-state index contributed by atoms with van der Waals surface area (Å²) in [6.07, 6.45) is 1.23. The fourth-order valence-corrected chi connectivity index (χ4v) is 2.69. The lowest BCUT2D eigenvalue weighted by Crippen LogP contribution is -2.32. The number of nitrogens with one attached hydrogen (secondary N) is 2. The van der Waals surface area contributed by atoms with Crippen LogP contribution in [0.5, 0.6) is 0 Å². The molecule has 124 valence electrons. The first-order valence-corrected chi connectivity index (χ1v) is 7.88. The number of anilines is 1. The molecule has 0 saturated heterocycles. The number of rotatable bonds is 4. The number of nitrogens with zero attached hydrogens (tertiary/aromatic N) is 1. The van der Waals surface area contributed by atoms with E-state index in [0.717, 1.165) is 27.7 Å². The summed E-state index contributed by atoms with van der Waals surface area (Å²) in [5, 5.41) is 16.9. The highest BCUT2D eigenvalue weighted by Crippen LogP contribution is 2.21. The molecule has 0 aliphatic carbocycles. The van der Waals surface area contributed by atoms with Gasteiger partial charge >= 0.3 is 6.03 Å². The van der Waals surface area contributed by atoms with Crippen LogP contribution in [-0.2, 0) is 7.05 Å². The van der Waals surface area contributed by atoms with Crippen LogP contribution in [0.2, 0.25) is 0 Å². The second-order valence-corrected chi connectivity index (χ2v) is 5.91. The molecule has 1 atom stereocenters. The SMILES string of the molecule is Cc1ccccc1NC(=O)NCC(O)c1ccc2c(ccn2C)c1. The highest BCUT2D eigenvalue weighted by atomic mass is 16.3. The maximum Gasteiger partial charge on any atom is 0.319 e. The maximum absolute atomic E-state index is 12.0. The number of aromatic nitrogens is 1. The molecule has 24 heavy (non-hydrogen) atoms. The van der Waals surface area contributed by atoms with Crippen LogP contribution in [0.25, 0.3) is 10.9 Å². The van der Waals surface area contributed by atoms with Crippen LogP contribution in [0.3, 0.4) is 0 Å². The van der Waals surface area contributed by atoms with Crippen LogP contribution in [0.1, 0.15) is 17.2 Å². The van der Waals surface area contributed by atoms with E-state index in [1.807, 2.05) is 73.3 Å². The quantitative estimate of drug-likeness (QED) is 0.689. The number of aliphatic hydroxyl groups is 1. The zero-order valence-corrected chi connectivity index (χ0v) is 13.8. The second kappa shape index (κ2) is 6.76. The van der Waals surface area contributed by atoms with E-state index in [1.165, 1.54) is 0 Å². The van der Waals surface area contributed by atoms with Crippen LogP contribution in [0.15, 0.2) is 54.7 Å². The van der Waals surface area contributed by atoms with Crippen molar-refractivity contribution in [2.45, 2.75) is 13.0 Å². The minimum Gasteiger partial charge on any atom is -0.387 e. The number of urea groups is 1. The van der Waals surface area contributed by atoms with Crippen molar-refractivity contribution in [3.8, 4) is 0 Å². The van der Waals surface area contributed by atoms with E-state index in [2.05, 4.69) is 10.6 Å². The number of carbonyl (C=O) groups excluding carboxylic acids is 1. The van der Waals surface area contributed by atoms with Crippen LogP contribution in [-0.4, -0.2) is 22.2 Å². The molecule has 2 aromatic carbocycles. The minimum atomic E-state index is -0.753. The Morgan fingerprint density at radius 2 is 2.00 bits per heavy atom. The maximum atomic E-state index is 12.0. The van der Waals surface area contributed by atoms with Crippen molar-refractivity contribution in [2.24, 2.45) is 7.05 Å². The van der Waals surface area contributed by atoms with Crippen molar-refractivity contribution < 1.29 is 9.90 Å². The molecular formula is C19H21N3O2. The lowest BCUT2D eigenvalue weighted by molar-refractivity contribution is 0.175. The van der Waals surface area contributed by atoms with Gasteiger partial charge in [0, 0.05) is 31.0 Å². The van der Waals surface area contributed by atoms with Crippen molar-refractivity contribution >= 4 is 22.6 Å². The normalized spacial score (nSPS) is 12.1. The molecule has 0 fully saturated rings. The van der Waals surface area contributed by atoms with Gasteiger partial charge < -0.3 is 20.3 Å². The Morgan fingerprint density at radius 3 is 2.79 bits per heavy atom. The molecule has 1 unspecified atom stereocenters. The zero-order valence-electron chi connectivity index (χ0n) is 13.8. The largest absolute Gasteiger partial charge is 0.387 e. The Hall–Kier alpha value is -2.79. The van der Waals surface area contributed by atoms with Crippen LogP contribution in [0, 0.1) is 6.92 Å². The van der Waals surface area contributed by atoms with Gasteiger partial charge in [-0.3, -0.25) is 0 Å². The summed E-state index contributed by atoms with van der Waals surface area (Å²) in [5.41, 5.74) is 3.64. The van der Waals surface area contributed by atoms with Crippen LogP contribution < -0.4 is 10.6 Å². The average molecular weight is 323 g/mol. The average Bonchev–Trinajstić information content (AvgIpc) is 2.95. The summed E-state index contributed by atoms with van der Waals surface area (Å²) in [6.45, 7) is 2.08. The van der Waals surface area contributed by atoms with Gasteiger partial charge in [0.1, 0.15) is 0 Å². The molecular weight excluding hydrogens is 302 g/mol. The Balaban J connectivity index is 1.60. The number of aryl methyl sites for hydroxylation is 2. The number of amides is 2. The summed E-state index contributed by atoms with van der Waals surface area (Å²) in [5.74, 6) is 0. The third-order valence-electron chi connectivity index (χ3n) is 4.14. The van der Waals surface area contributed by atoms with Gasteiger partial charge in [0.25, 0.3) is 0 Å². The summed E-state index contributed by atoms with van der Waals surface area (Å²) in [6, 6.07) is 15.0. The Morgan fingerprint density at radius 1 is 1.21 bits per heavy atom. The van der Waals surface area contributed by atoms with Gasteiger partial charge in [-0.2, -0.15) is 0 Å². The molecule has 0 aliphatic heterocycles. The molecule has 0 bridgehead atoms. The third-order valence-corrected chi connectivity index (χ3v) is 4.14. The lowest BCUT2D eigenvalue weighted by atomic mass is 10.1. The minimum absolute atomic E-state index is 0.149. The number of para-hydroxylation sites is 1. The summed E-state index contributed by atoms with van der Waals surface area (Å²) in [4.78, 5) is 12.0. The van der Waals surface area contributed by atoms with Gasteiger partial charge in [-0.1, -0.05) is 24.3 Å². The van der Waals surface area contributed by atoms with E-state index < -0.39 is 6.10 Å². The van der Waals surface area contributed by atoms with Crippen LogP contribution in [0.4, 0.5) is 10.5 Å². The molecule has 0 aliphatic rings. The molecule has 5 nitrogen and oxygen atoms in total. The number of fused-ring (bicyclic) bond motifs is 1. The monoisotopic (exact) mass is 323 g/mol. The van der Waals surface area contributed by atoms with Crippen LogP contribution >= 0.6 is 0 Å². The van der Waals surface area contributed by atoms with Gasteiger partial charge in [0.05, 0.1) is 6.10 Å². The van der Waals surface area contributed by atoms with Crippen molar-refractivity contribution in [1.82, 2.24) is 9.88 Å². The molecule has 1 heterocycles. The Bertz CT molecular complexity index is 870. The molecule has 0 saturated carbocycles. The summed E-state index contributed by atoms with van der Waals surface area (Å²) in [7, 11) is 1.98. The summed E-state index contributed by atoms with van der Waals surface area (Å²) < 4.78 is 2.03. The van der Waals surface area contributed by atoms with Gasteiger partial charge in [0.2, 0.25) is 0 Å². The number of carbonyl (C=O) groups is 1. The Labute approximate surface area is 140 Å². The van der Waals surface area contributed by atoms with Gasteiger partial charge in [-0.15, -0.1) is 0 Å². The van der Waals surface area contributed by atoms with E-state index in [-0.39, 0.29) is 12.6 Å². The molecule has 2 amide bonds. The molecule has 0 radical (unpaired) electrons. The first kappa shape index (κ1) is 16.1. The van der Waals surface area contributed by atoms with E-state index in [1.54, 1.807) is 0 Å². The predicted molar refractivity (Wildman–Crippen MR) is 96.1 cm³/mol. The first-order valence-electron chi connectivity index (χ1n) is 7.88. The number of benzene rings is 2. The zero-order chi connectivity index (χ0) is 17.1. The van der Waals surface area contributed by atoms with Crippen molar-refractivity contribution in [3.63, 3.8) is 0 Å². The van der Waals surface area contributed by atoms with E-state index >= 15 is 0 Å². The highest BCUT2D eigenvalue weighted by Gasteiger charge is 2.11. The molecule has 5 heteroatoms. The van der Waals surface area contributed by atoms with E-state index in [9.17, 15) is 9.90 Å². The molecule has 3 aromatic rings. The summed E-state index contributed by atoms with van der Waals surface area (Å²) >= 11 is 0. The standard InChI is InChI=1S/C19H21N3O2/c1-13-5-3-4-6-16(13)21-19(24)20-12-18(23)15-7-8-17-14(11-15)9-10-22(17)2/h3-11,18,23H,12H2,1-2H3,(H2,20,21,24). The number of hydrogen-bond acceptors (Lipinski definition) is 2. The number of hydrogen-bond donors (Lipinski definition) is 3. The molecule has 0 spiro atoms.